The topological polar surface area (TPSA) is 38.0 Å². The van der Waals surface area contributed by atoms with Crippen molar-refractivity contribution in [3.63, 3.8) is 0 Å². The van der Waals surface area contributed by atoms with Gasteiger partial charge in [-0.25, -0.2) is 0 Å². The van der Waals surface area contributed by atoms with Crippen LogP contribution in [0.2, 0.25) is 0 Å². The van der Waals surface area contributed by atoms with E-state index in [1.807, 2.05) is 0 Å². The fourth-order valence-electron chi connectivity index (χ4n) is 2.52. The number of hydrogen-bond acceptors (Lipinski definition) is 2. The largest absolute Gasteiger partial charge is 0.324 e. The average molecular weight is 218 g/mol. The summed E-state index contributed by atoms with van der Waals surface area (Å²) in [5.74, 6) is 0. The first-order valence-corrected chi connectivity index (χ1v) is 6.40. The Morgan fingerprint density at radius 1 is 1.25 bits per heavy atom. The van der Waals surface area contributed by atoms with Crippen LogP contribution in [0.3, 0.4) is 0 Å². The second-order valence-corrected chi connectivity index (χ2v) is 4.68. The van der Waals surface area contributed by atoms with Crippen molar-refractivity contribution in [3.05, 3.63) is 35.4 Å². The lowest BCUT2D eigenvalue weighted by atomic mass is 10.1. The third-order valence-electron chi connectivity index (χ3n) is 3.43. The molecule has 1 aromatic carbocycles. The van der Waals surface area contributed by atoms with Crippen LogP contribution in [0.1, 0.15) is 55.8 Å². The Kier molecular flexibility index (Phi) is 3.97. The number of nitrogens with one attached hydrogen (secondary N) is 1. The van der Waals surface area contributed by atoms with Crippen LogP contribution in [0.5, 0.6) is 0 Å². The van der Waals surface area contributed by atoms with Gasteiger partial charge in [0, 0.05) is 12.1 Å². The zero-order chi connectivity index (χ0) is 11.4. The minimum atomic E-state index is 0.222. The maximum Gasteiger partial charge on any atom is 0.0341 e. The van der Waals surface area contributed by atoms with Crippen LogP contribution in [-0.2, 0) is 0 Å². The second kappa shape index (κ2) is 5.46. The zero-order valence-electron chi connectivity index (χ0n) is 10.1. The minimum absolute atomic E-state index is 0.222. The normalized spacial score (nSPS) is 23.4. The number of benzene rings is 1. The van der Waals surface area contributed by atoms with Crippen LogP contribution in [0, 0.1) is 0 Å². The van der Waals surface area contributed by atoms with Crippen molar-refractivity contribution in [3.8, 4) is 0 Å². The van der Waals surface area contributed by atoms with Crippen LogP contribution in [0.25, 0.3) is 0 Å². The second-order valence-electron chi connectivity index (χ2n) is 4.68. The summed E-state index contributed by atoms with van der Waals surface area (Å²) in [5, 5.41) is 3.62. The van der Waals surface area contributed by atoms with E-state index >= 15 is 0 Å². The third kappa shape index (κ3) is 2.45. The molecule has 2 nitrogen and oxygen atoms in total. The summed E-state index contributed by atoms with van der Waals surface area (Å²) < 4.78 is 0. The van der Waals surface area contributed by atoms with E-state index in [1.165, 1.54) is 30.4 Å². The van der Waals surface area contributed by atoms with E-state index in [2.05, 4.69) is 36.5 Å². The molecule has 2 heteroatoms. The van der Waals surface area contributed by atoms with Gasteiger partial charge in [-0.2, -0.15) is 0 Å². The van der Waals surface area contributed by atoms with Gasteiger partial charge < -0.3 is 11.1 Å². The van der Waals surface area contributed by atoms with Crippen LogP contribution in [0.4, 0.5) is 0 Å². The van der Waals surface area contributed by atoms with E-state index in [-0.39, 0.29) is 6.04 Å². The summed E-state index contributed by atoms with van der Waals surface area (Å²) in [6.45, 7) is 3.35. The SMILES string of the molecule is CCCCCNC1CC(N)c2ccccc21. The summed E-state index contributed by atoms with van der Waals surface area (Å²) in [5.41, 5.74) is 8.87. The predicted molar refractivity (Wildman–Crippen MR) is 68.3 cm³/mol. The van der Waals surface area contributed by atoms with Crippen molar-refractivity contribution in [1.82, 2.24) is 5.32 Å². The van der Waals surface area contributed by atoms with Gasteiger partial charge in [0.15, 0.2) is 0 Å². The van der Waals surface area contributed by atoms with Crippen LogP contribution >= 0.6 is 0 Å². The summed E-state index contributed by atoms with van der Waals surface area (Å²) in [7, 11) is 0. The molecule has 0 bridgehead atoms. The van der Waals surface area contributed by atoms with Crippen molar-refractivity contribution in [2.24, 2.45) is 5.73 Å². The molecule has 3 N–H and O–H groups in total. The molecule has 88 valence electrons. The first-order chi connectivity index (χ1) is 7.83. The lowest BCUT2D eigenvalue weighted by Crippen LogP contribution is -2.21. The molecule has 0 radical (unpaired) electrons. The van der Waals surface area contributed by atoms with Crippen molar-refractivity contribution in [1.29, 1.82) is 0 Å². The van der Waals surface area contributed by atoms with E-state index in [1.54, 1.807) is 0 Å². The molecule has 1 aromatic rings. The molecule has 2 rings (SSSR count). The fraction of sp³-hybridized carbons (Fsp3) is 0.571. The van der Waals surface area contributed by atoms with Gasteiger partial charge >= 0.3 is 0 Å². The Morgan fingerprint density at radius 3 is 2.75 bits per heavy atom. The Hall–Kier alpha value is -0.860. The molecule has 0 fully saturated rings. The van der Waals surface area contributed by atoms with Gasteiger partial charge in [-0.15, -0.1) is 0 Å². The fourth-order valence-corrected chi connectivity index (χ4v) is 2.52. The highest BCUT2D eigenvalue weighted by molar-refractivity contribution is 5.37. The molecule has 1 aliphatic carbocycles. The molecule has 0 amide bonds. The number of hydrogen-bond donors (Lipinski definition) is 2. The molecule has 2 unspecified atom stereocenters. The molecular formula is C14H22N2. The first kappa shape index (κ1) is 11.6. The molecule has 0 saturated heterocycles. The summed E-state index contributed by atoms with van der Waals surface area (Å²) >= 11 is 0. The van der Waals surface area contributed by atoms with Crippen LogP contribution in [0.15, 0.2) is 24.3 Å². The molecule has 0 aromatic heterocycles. The molecule has 2 atom stereocenters. The van der Waals surface area contributed by atoms with Crippen LogP contribution < -0.4 is 11.1 Å². The maximum absolute atomic E-state index is 6.13. The Balaban J connectivity index is 1.93. The summed E-state index contributed by atoms with van der Waals surface area (Å²) in [6, 6.07) is 9.26. The zero-order valence-corrected chi connectivity index (χ0v) is 10.1. The summed E-state index contributed by atoms with van der Waals surface area (Å²) in [6.07, 6.45) is 4.91. The van der Waals surface area contributed by atoms with E-state index in [0.717, 1.165) is 13.0 Å². The van der Waals surface area contributed by atoms with Crippen LogP contribution in [-0.4, -0.2) is 6.54 Å². The molecule has 0 heterocycles. The highest BCUT2D eigenvalue weighted by Crippen LogP contribution is 2.36. The predicted octanol–water partition coefficient (Wildman–Crippen LogP) is 2.91. The number of rotatable bonds is 5. The quantitative estimate of drug-likeness (QED) is 0.746. The van der Waals surface area contributed by atoms with E-state index in [9.17, 15) is 0 Å². The molecule has 0 saturated carbocycles. The summed E-state index contributed by atoms with van der Waals surface area (Å²) in [4.78, 5) is 0. The molecule has 0 aliphatic heterocycles. The number of unbranched alkanes of at least 4 members (excludes halogenated alkanes) is 2. The maximum atomic E-state index is 6.13. The monoisotopic (exact) mass is 218 g/mol. The first-order valence-electron chi connectivity index (χ1n) is 6.40. The highest BCUT2D eigenvalue weighted by Gasteiger charge is 2.27. The standard InChI is InChI=1S/C14H22N2/c1-2-3-6-9-16-14-10-13(15)11-7-4-5-8-12(11)14/h4-5,7-8,13-14,16H,2-3,6,9-10,15H2,1H3. The van der Waals surface area contributed by atoms with Gasteiger partial charge in [0.25, 0.3) is 0 Å². The lowest BCUT2D eigenvalue weighted by molar-refractivity contribution is 0.486. The van der Waals surface area contributed by atoms with Gasteiger partial charge in [-0.3, -0.25) is 0 Å². The smallest absolute Gasteiger partial charge is 0.0341 e. The van der Waals surface area contributed by atoms with Gasteiger partial charge in [-0.05, 0) is 30.5 Å². The van der Waals surface area contributed by atoms with Gasteiger partial charge in [0.05, 0.1) is 0 Å². The van der Waals surface area contributed by atoms with Gasteiger partial charge in [-0.1, -0.05) is 44.0 Å². The minimum Gasteiger partial charge on any atom is -0.324 e. The Labute approximate surface area is 98.2 Å². The molecule has 16 heavy (non-hydrogen) atoms. The number of nitrogens with two attached hydrogens (primary N) is 1. The van der Waals surface area contributed by atoms with Gasteiger partial charge in [0.2, 0.25) is 0 Å². The van der Waals surface area contributed by atoms with Crippen molar-refractivity contribution < 1.29 is 0 Å². The lowest BCUT2D eigenvalue weighted by Gasteiger charge is -2.13. The Bertz CT molecular complexity index is 335. The van der Waals surface area contributed by atoms with E-state index in [4.69, 9.17) is 5.73 Å². The van der Waals surface area contributed by atoms with Crippen molar-refractivity contribution in [2.45, 2.75) is 44.7 Å². The van der Waals surface area contributed by atoms with Crippen molar-refractivity contribution >= 4 is 0 Å². The van der Waals surface area contributed by atoms with E-state index < -0.39 is 0 Å². The third-order valence-corrected chi connectivity index (χ3v) is 3.43. The van der Waals surface area contributed by atoms with Gasteiger partial charge in [0.1, 0.15) is 0 Å². The van der Waals surface area contributed by atoms with E-state index in [0.29, 0.717) is 6.04 Å². The average Bonchev–Trinajstić information content (AvgIpc) is 2.63. The molecular weight excluding hydrogens is 196 g/mol. The molecule has 0 spiro atoms. The highest BCUT2D eigenvalue weighted by atomic mass is 14.9. The molecule has 1 aliphatic rings. The van der Waals surface area contributed by atoms with Crippen molar-refractivity contribution in [2.75, 3.05) is 6.54 Å². The Morgan fingerprint density at radius 2 is 2.00 bits per heavy atom. The number of fused-ring (bicyclic) bond motifs is 1.